The monoisotopic (exact) mass is 393 g/mol. The number of rotatable bonds is 3. The van der Waals surface area contributed by atoms with Crippen molar-refractivity contribution >= 4 is 22.8 Å². The van der Waals surface area contributed by atoms with Crippen LogP contribution in [0.5, 0.6) is 0 Å². The van der Waals surface area contributed by atoms with Gasteiger partial charge in [0.2, 0.25) is 11.6 Å². The lowest BCUT2D eigenvalue weighted by Crippen LogP contribution is -2.31. The van der Waals surface area contributed by atoms with Crippen LogP contribution in [0.15, 0.2) is 24.8 Å². The number of imidazole rings is 1. The van der Waals surface area contributed by atoms with E-state index in [0.29, 0.717) is 29.2 Å². The van der Waals surface area contributed by atoms with Crippen molar-refractivity contribution in [2.24, 2.45) is 5.92 Å². The van der Waals surface area contributed by atoms with Gasteiger partial charge in [0.25, 0.3) is 0 Å². The number of hydrogen-bond acceptors (Lipinski definition) is 9. The summed E-state index contributed by atoms with van der Waals surface area (Å²) in [4.78, 5) is 33.1. The Hall–Kier alpha value is -3.42. The molecule has 148 valence electrons. The summed E-state index contributed by atoms with van der Waals surface area (Å²) in [6.45, 7) is 1.41. The molecule has 3 N–H and O–H groups in total. The summed E-state index contributed by atoms with van der Waals surface area (Å²) in [5.74, 6) is 5.90. The number of aromatic nitrogens is 6. The van der Waals surface area contributed by atoms with Gasteiger partial charge in [0.1, 0.15) is 11.9 Å². The topological polar surface area (TPSA) is 139 Å². The highest BCUT2D eigenvalue weighted by atomic mass is 16.3. The Morgan fingerprint density at radius 1 is 1.14 bits per heavy atom. The molecule has 3 aromatic heterocycles. The molecule has 3 aromatic rings. The van der Waals surface area contributed by atoms with E-state index in [2.05, 4.69) is 42.1 Å². The second kappa shape index (κ2) is 7.54. The predicted octanol–water partition coefficient (Wildman–Crippen LogP) is -0.0704. The van der Waals surface area contributed by atoms with E-state index in [9.17, 15) is 15.0 Å². The Balaban J connectivity index is 1.77. The predicted molar refractivity (Wildman–Crippen MR) is 103 cm³/mol. The largest absolute Gasteiger partial charge is 0.390 e. The van der Waals surface area contributed by atoms with Crippen molar-refractivity contribution in [3.05, 3.63) is 36.4 Å². The van der Waals surface area contributed by atoms with E-state index >= 15 is 0 Å². The first-order chi connectivity index (χ1) is 14.0. The van der Waals surface area contributed by atoms with Crippen molar-refractivity contribution in [2.45, 2.75) is 31.6 Å². The summed E-state index contributed by atoms with van der Waals surface area (Å²) < 4.78 is 1.67. The van der Waals surface area contributed by atoms with Gasteiger partial charge in [-0.2, -0.15) is 0 Å². The second-order valence-corrected chi connectivity index (χ2v) is 6.79. The first-order valence-corrected chi connectivity index (χ1v) is 9.07. The molecule has 0 spiro atoms. The van der Waals surface area contributed by atoms with Crippen molar-refractivity contribution in [1.82, 2.24) is 29.5 Å². The maximum absolute atomic E-state index is 11.8. The molecule has 4 rings (SSSR count). The minimum atomic E-state index is -1.13. The van der Waals surface area contributed by atoms with Crippen molar-refractivity contribution in [1.29, 1.82) is 0 Å². The van der Waals surface area contributed by atoms with E-state index in [1.165, 1.54) is 13.3 Å². The highest BCUT2D eigenvalue weighted by Crippen LogP contribution is 2.37. The zero-order chi connectivity index (χ0) is 20.5. The van der Waals surface area contributed by atoms with Gasteiger partial charge in [0.15, 0.2) is 17.0 Å². The number of nitrogens with one attached hydrogen (secondary N) is 1. The number of carbonyl (C=O) groups excluding carboxylic acids is 1. The molecule has 1 saturated carbocycles. The zero-order valence-electron chi connectivity index (χ0n) is 15.8. The van der Waals surface area contributed by atoms with E-state index in [1.807, 2.05) is 0 Å². The summed E-state index contributed by atoms with van der Waals surface area (Å²) in [7, 11) is 1.71. The molecule has 1 unspecified atom stereocenters. The summed E-state index contributed by atoms with van der Waals surface area (Å²) in [6.07, 6.45) is 2.76. The first kappa shape index (κ1) is 18.9. The molecule has 1 fully saturated rings. The third-order valence-electron chi connectivity index (χ3n) is 5.04. The van der Waals surface area contributed by atoms with E-state index in [1.54, 1.807) is 30.1 Å². The molecule has 4 atom stereocenters. The van der Waals surface area contributed by atoms with Crippen LogP contribution in [0.2, 0.25) is 0 Å². The summed E-state index contributed by atoms with van der Waals surface area (Å²) >= 11 is 0. The lowest BCUT2D eigenvalue weighted by Gasteiger charge is -2.18. The van der Waals surface area contributed by atoms with Crippen LogP contribution in [0.3, 0.4) is 0 Å². The minimum absolute atomic E-state index is 0.163. The lowest BCUT2D eigenvalue weighted by molar-refractivity contribution is -0.124. The fourth-order valence-corrected chi connectivity index (χ4v) is 3.55. The normalized spacial score (nSPS) is 23.6. The third-order valence-corrected chi connectivity index (χ3v) is 5.04. The standard InChI is InChI=1S/C19H19N7O3/c1-10(27)11-8-12(17(29)16(11)28)26-9-23-15-18(20-2)24-14(25-19(15)26)5-4-13-21-6-3-7-22-13/h3,6-7,9,11-12,16-17,28-29H,8H2,1-2H3,(H,20,24,25)/t11-,12-,16?,17+/m1/s1. The number of hydrogen-bond donors (Lipinski definition) is 3. The van der Waals surface area contributed by atoms with Gasteiger partial charge in [-0.25, -0.2) is 24.9 Å². The Morgan fingerprint density at radius 3 is 2.52 bits per heavy atom. The molecule has 10 nitrogen and oxygen atoms in total. The van der Waals surface area contributed by atoms with Gasteiger partial charge in [0, 0.05) is 25.4 Å². The average molecular weight is 393 g/mol. The lowest BCUT2D eigenvalue weighted by atomic mass is 10.0. The first-order valence-electron chi connectivity index (χ1n) is 9.07. The number of aliphatic hydroxyl groups excluding tert-OH is 2. The van der Waals surface area contributed by atoms with Crippen molar-refractivity contribution < 1.29 is 15.0 Å². The van der Waals surface area contributed by atoms with Gasteiger partial charge in [-0.15, -0.1) is 0 Å². The molecule has 1 aliphatic carbocycles. The van der Waals surface area contributed by atoms with Gasteiger partial charge < -0.3 is 20.1 Å². The van der Waals surface area contributed by atoms with Crippen molar-refractivity contribution in [2.75, 3.05) is 12.4 Å². The number of Topliss-reactive ketones (excluding diaryl/α,β-unsaturated/α-hetero) is 1. The fourth-order valence-electron chi connectivity index (χ4n) is 3.55. The van der Waals surface area contributed by atoms with Crippen LogP contribution in [0, 0.1) is 17.8 Å². The Labute approximate surface area is 166 Å². The summed E-state index contributed by atoms with van der Waals surface area (Å²) in [5, 5.41) is 23.7. The van der Waals surface area contributed by atoms with E-state index in [-0.39, 0.29) is 11.6 Å². The van der Waals surface area contributed by atoms with Crippen molar-refractivity contribution in [3.63, 3.8) is 0 Å². The molecule has 10 heteroatoms. The Kier molecular flexibility index (Phi) is 4.92. The number of ketones is 1. The van der Waals surface area contributed by atoms with Gasteiger partial charge in [-0.05, 0) is 31.3 Å². The van der Waals surface area contributed by atoms with Crippen LogP contribution in [0.25, 0.3) is 11.2 Å². The molecule has 0 radical (unpaired) electrons. The number of carbonyl (C=O) groups is 1. The maximum Gasteiger partial charge on any atom is 0.209 e. The minimum Gasteiger partial charge on any atom is -0.390 e. The Morgan fingerprint density at radius 2 is 1.86 bits per heavy atom. The third kappa shape index (κ3) is 3.41. The highest BCUT2D eigenvalue weighted by Gasteiger charge is 2.45. The van der Waals surface area contributed by atoms with Gasteiger partial charge >= 0.3 is 0 Å². The van der Waals surface area contributed by atoms with Crippen LogP contribution in [0.4, 0.5) is 5.82 Å². The SMILES string of the molecule is CNc1nc(C#Cc2ncccn2)nc2c1ncn2[C@@H]1C[C@H](C(C)=O)C(O)[C@H]1O. The van der Waals surface area contributed by atoms with Crippen LogP contribution in [0.1, 0.15) is 31.0 Å². The van der Waals surface area contributed by atoms with Crippen LogP contribution in [-0.4, -0.2) is 64.7 Å². The number of aliphatic hydroxyl groups is 2. The molecular weight excluding hydrogens is 374 g/mol. The molecular formula is C19H19N7O3. The van der Waals surface area contributed by atoms with Crippen LogP contribution < -0.4 is 5.32 Å². The van der Waals surface area contributed by atoms with E-state index in [0.717, 1.165) is 0 Å². The van der Waals surface area contributed by atoms with E-state index < -0.39 is 24.2 Å². The fraction of sp³-hybridized carbons (Fsp3) is 0.368. The second-order valence-electron chi connectivity index (χ2n) is 6.79. The van der Waals surface area contributed by atoms with Crippen LogP contribution in [-0.2, 0) is 4.79 Å². The molecule has 0 aromatic carbocycles. The highest BCUT2D eigenvalue weighted by molar-refractivity contribution is 5.83. The molecule has 0 saturated heterocycles. The molecule has 0 bridgehead atoms. The van der Waals surface area contributed by atoms with Gasteiger partial charge in [0.05, 0.1) is 18.5 Å². The van der Waals surface area contributed by atoms with Gasteiger partial charge in [-0.3, -0.25) is 4.79 Å². The number of fused-ring (bicyclic) bond motifs is 1. The molecule has 0 amide bonds. The van der Waals surface area contributed by atoms with Gasteiger partial charge in [-0.1, -0.05) is 0 Å². The summed E-state index contributed by atoms with van der Waals surface area (Å²) in [6, 6.07) is 1.16. The molecule has 1 aliphatic rings. The van der Waals surface area contributed by atoms with E-state index in [4.69, 9.17) is 0 Å². The number of nitrogens with zero attached hydrogens (tertiary/aromatic N) is 6. The molecule has 29 heavy (non-hydrogen) atoms. The molecule has 3 heterocycles. The zero-order valence-corrected chi connectivity index (χ0v) is 15.8. The maximum atomic E-state index is 11.8. The smallest absolute Gasteiger partial charge is 0.209 e. The summed E-state index contributed by atoms with van der Waals surface area (Å²) in [5.41, 5.74) is 0.949. The average Bonchev–Trinajstić information content (AvgIpc) is 3.28. The number of anilines is 1. The van der Waals surface area contributed by atoms with Crippen molar-refractivity contribution in [3.8, 4) is 11.8 Å². The Bertz CT molecular complexity index is 1120. The molecule has 0 aliphatic heterocycles. The quantitative estimate of drug-likeness (QED) is 0.522. The van der Waals surface area contributed by atoms with Crippen LogP contribution >= 0.6 is 0 Å².